The zero-order valence-electron chi connectivity index (χ0n) is 11.2. The van der Waals surface area contributed by atoms with Crippen LogP contribution in [0.4, 0.5) is 0 Å². The number of hydrogen-bond donors (Lipinski definition) is 2. The fourth-order valence-corrected chi connectivity index (χ4v) is 2.36. The minimum absolute atomic E-state index is 0.0726. The summed E-state index contributed by atoms with van der Waals surface area (Å²) in [4.78, 5) is 24.5. The monoisotopic (exact) mass is 257 g/mol. The quantitative estimate of drug-likeness (QED) is 0.777. The number of aliphatic carboxylic acids is 1. The Morgan fingerprint density at radius 3 is 2.33 bits per heavy atom. The van der Waals surface area contributed by atoms with E-state index in [2.05, 4.69) is 13.8 Å². The van der Waals surface area contributed by atoms with Crippen LogP contribution >= 0.6 is 0 Å². The van der Waals surface area contributed by atoms with E-state index >= 15 is 0 Å². The number of carboxylic acids is 1. The first-order chi connectivity index (χ1) is 8.39. The number of carbonyl (C=O) groups excluding carboxylic acids is 1. The maximum absolute atomic E-state index is 12.0. The summed E-state index contributed by atoms with van der Waals surface area (Å²) < 4.78 is 0. The molecule has 0 aromatic carbocycles. The van der Waals surface area contributed by atoms with E-state index in [0.717, 1.165) is 12.8 Å². The Balaban J connectivity index is 2.43. The number of carboxylic acid groups (broad SMARTS) is 1. The Labute approximate surface area is 108 Å². The molecular weight excluding hydrogens is 234 g/mol. The van der Waals surface area contributed by atoms with Crippen LogP contribution in [0.1, 0.15) is 46.0 Å². The van der Waals surface area contributed by atoms with Gasteiger partial charge in [0.15, 0.2) is 5.60 Å². The lowest BCUT2D eigenvalue weighted by molar-refractivity contribution is -0.165. The van der Waals surface area contributed by atoms with E-state index in [-0.39, 0.29) is 18.7 Å². The molecule has 1 unspecified atom stereocenters. The van der Waals surface area contributed by atoms with Crippen molar-refractivity contribution in [2.45, 2.75) is 51.6 Å². The van der Waals surface area contributed by atoms with Gasteiger partial charge in [-0.05, 0) is 5.92 Å². The molecule has 0 radical (unpaired) electrons. The van der Waals surface area contributed by atoms with Crippen LogP contribution in [0.15, 0.2) is 0 Å². The molecule has 0 spiro atoms. The van der Waals surface area contributed by atoms with E-state index in [9.17, 15) is 14.7 Å². The molecule has 1 fully saturated rings. The lowest BCUT2D eigenvalue weighted by Crippen LogP contribution is -2.51. The highest BCUT2D eigenvalue weighted by Crippen LogP contribution is 2.23. The predicted molar refractivity (Wildman–Crippen MR) is 67.1 cm³/mol. The SMILES string of the molecule is CCCC(C)CC(=O)N1CCC(O)(C(=O)O)CC1. The normalized spacial score (nSPS) is 20.5. The van der Waals surface area contributed by atoms with Gasteiger partial charge in [0.1, 0.15) is 0 Å². The second-order valence-electron chi connectivity index (χ2n) is 5.32. The van der Waals surface area contributed by atoms with Crippen molar-refractivity contribution in [3.63, 3.8) is 0 Å². The predicted octanol–water partition coefficient (Wildman–Crippen LogP) is 1.25. The second-order valence-corrected chi connectivity index (χ2v) is 5.32. The summed E-state index contributed by atoms with van der Waals surface area (Å²) in [7, 11) is 0. The molecule has 1 rings (SSSR count). The van der Waals surface area contributed by atoms with Crippen LogP contribution in [-0.4, -0.2) is 45.7 Å². The zero-order valence-corrected chi connectivity index (χ0v) is 11.2. The largest absolute Gasteiger partial charge is 0.479 e. The number of hydrogen-bond acceptors (Lipinski definition) is 3. The number of aliphatic hydroxyl groups is 1. The first kappa shape index (κ1) is 15.0. The Morgan fingerprint density at radius 1 is 1.33 bits per heavy atom. The van der Waals surface area contributed by atoms with Gasteiger partial charge in [0.05, 0.1) is 0 Å². The number of rotatable bonds is 5. The van der Waals surface area contributed by atoms with Gasteiger partial charge in [0.2, 0.25) is 5.91 Å². The summed E-state index contributed by atoms with van der Waals surface area (Å²) in [6, 6.07) is 0. The highest BCUT2D eigenvalue weighted by Gasteiger charge is 2.40. The molecule has 5 nitrogen and oxygen atoms in total. The average molecular weight is 257 g/mol. The van der Waals surface area contributed by atoms with E-state index in [1.807, 2.05) is 0 Å². The number of likely N-dealkylation sites (tertiary alicyclic amines) is 1. The minimum atomic E-state index is -1.65. The molecule has 5 heteroatoms. The van der Waals surface area contributed by atoms with E-state index in [4.69, 9.17) is 5.11 Å². The van der Waals surface area contributed by atoms with Gasteiger partial charge >= 0.3 is 5.97 Å². The smallest absolute Gasteiger partial charge is 0.335 e. The molecule has 2 N–H and O–H groups in total. The van der Waals surface area contributed by atoms with Crippen molar-refractivity contribution in [2.75, 3.05) is 13.1 Å². The lowest BCUT2D eigenvalue weighted by atomic mass is 9.91. The number of nitrogens with zero attached hydrogens (tertiary/aromatic N) is 1. The number of piperidine rings is 1. The van der Waals surface area contributed by atoms with Crippen molar-refractivity contribution < 1.29 is 19.8 Å². The van der Waals surface area contributed by atoms with Crippen molar-refractivity contribution in [3.05, 3.63) is 0 Å². The van der Waals surface area contributed by atoms with E-state index in [1.165, 1.54) is 0 Å². The Kier molecular flexibility index (Phi) is 5.14. The molecule has 1 aliphatic rings. The highest BCUT2D eigenvalue weighted by atomic mass is 16.4. The zero-order chi connectivity index (χ0) is 13.8. The maximum atomic E-state index is 12.0. The van der Waals surface area contributed by atoms with Gasteiger partial charge in [0, 0.05) is 32.4 Å². The Morgan fingerprint density at radius 2 is 1.89 bits per heavy atom. The lowest BCUT2D eigenvalue weighted by Gasteiger charge is -2.35. The Hall–Kier alpha value is -1.10. The van der Waals surface area contributed by atoms with Gasteiger partial charge in [0.25, 0.3) is 0 Å². The summed E-state index contributed by atoms with van der Waals surface area (Å²) >= 11 is 0. The molecule has 104 valence electrons. The first-order valence-electron chi connectivity index (χ1n) is 6.62. The highest BCUT2D eigenvalue weighted by molar-refractivity contribution is 5.79. The van der Waals surface area contributed by atoms with Gasteiger partial charge in [-0.25, -0.2) is 4.79 Å². The van der Waals surface area contributed by atoms with Crippen molar-refractivity contribution in [1.82, 2.24) is 4.90 Å². The van der Waals surface area contributed by atoms with Gasteiger partial charge in [-0.3, -0.25) is 4.79 Å². The fraction of sp³-hybridized carbons (Fsp3) is 0.846. The van der Waals surface area contributed by atoms with Crippen molar-refractivity contribution in [1.29, 1.82) is 0 Å². The summed E-state index contributed by atoms with van der Waals surface area (Å²) in [6.07, 6.45) is 2.84. The van der Waals surface area contributed by atoms with Crippen molar-refractivity contribution in [3.8, 4) is 0 Å². The van der Waals surface area contributed by atoms with Gasteiger partial charge < -0.3 is 15.1 Å². The third-order valence-electron chi connectivity index (χ3n) is 3.65. The van der Waals surface area contributed by atoms with Crippen LogP contribution < -0.4 is 0 Å². The van der Waals surface area contributed by atoms with Gasteiger partial charge in [-0.1, -0.05) is 26.7 Å². The summed E-state index contributed by atoms with van der Waals surface area (Å²) in [5, 5.41) is 18.7. The molecule has 0 bridgehead atoms. The standard InChI is InChI=1S/C13H23NO4/c1-3-4-10(2)9-11(15)14-7-5-13(18,6-8-14)12(16)17/h10,18H,3-9H2,1-2H3,(H,16,17). The third kappa shape index (κ3) is 3.70. The molecule has 18 heavy (non-hydrogen) atoms. The summed E-state index contributed by atoms with van der Waals surface area (Å²) in [5.74, 6) is -0.750. The van der Waals surface area contributed by atoms with Gasteiger partial charge in [-0.2, -0.15) is 0 Å². The molecule has 0 saturated carbocycles. The molecule has 1 aliphatic heterocycles. The topological polar surface area (TPSA) is 77.8 Å². The van der Waals surface area contributed by atoms with E-state index < -0.39 is 11.6 Å². The summed E-state index contributed by atoms with van der Waals surface area (Å²) in [6.45, 7) is 4.81. The maximum Gasteiger partial charge on any atom is 0.335 e. The van der Waals surface area contributed by atoms with Crippen LogP contribution in [0.25, 0.3) is 0 Å². The number of carbonyl (C=O) groups is 2. The van der Waals surface area contributed by atoms with Crippen LogP contribution in [-0.2, 0) is 9.59 Å². The fourth-order valence-electron chi connectivity index (χ4n) is 2.36. The minimum Gasteiger partial charge on any atom is -0.479 e. The molecule has 1 heterocycles. The first-order valence-corrected chi connectivity index (χ1v) is 6.62. The molecule has 1 atom stereocenters. The molecular formula is C13H23NO4. The third-order valence-corrected chi connectivity index (χ3v) is 3.65. The molecule has 0 aromatic heterocycles. The Bertz CT molecular complexity index is 308. The molecule has 0 aromatic rings. The molecule has 0 aliphatic carbocycles. The van der Waals surface area contributed by atoms with Crippen LogP contribution in [0.2, 0.25) is 0 Å². The van der Waals surface area contributed by atoms with Crippen molar-refractivity contribution >= 4 is 11.9 Å². The number of amides is 1. The van der Waals surface area contributed by atoms with E-state index in [1.54, 1.807) is 4.90 Å². The average Bonchev–Trinajstić information content (AvgIpc) is 2.29. The molecule has 1 amide bonds. The summed E-state index contributed by atoms with van der Waals surface area (Å²) in [5.41, 5.74) is -1.65. The van der Waals surface area contributed by atoms with Crippen molar-refractivity contribution in [2.24, 2.45) is 5.92 Å². The van der Waals surface area contributed by atoms with Crippen LogP contribution in [0.3, 0.4) is 0 Å². The van der Waals surface area contributed by atoms with Gasteiger partial charge in [-0.15, -0.1) is 0 Å². The van der Waals surface area contributed by atoms with Crippen LogP contribution in [0, 0.1) is 5.92 Å². The molecule has 1 saturated heterocycles. The second kappa shape index (κ2) is 6.18. The van der Waals surface area contributed by atoms with Crippen LogP contribution in [0.5, 0.6) is 0 Å². The van der Waals surface area contributed by atoms with E-state index in [0.29, 0.717) is 25.4 Å².